The van der Waals surface area contributed by atoms with Gasteiger partial charge in [0.05, 0.1) is 5.57 Å². The zero-order valence-corrected chi connectivity index (χ0v) is 12.6. The fourth-order valence-corrected chi connectivity index (χ4v) is 2.79. The quantitative estimate of drug-likeness (QED) is 0.880. The molecule has 0 bridgehead atoms. The Morgan fingerprint density at radius 2 is 1.83 bits per heavy atom. The normalized spacial score (nSPS) is 21.5. The Bertz CT molecular complexity index is 768. The lowest BCUT2D eigenvalue weighted by Gasteiger charge is -2.29. The van der Waals surface area contributed by atoms with Crippen molar-refractivity contribution in [3.05, 3.63) is 40.9 Å². The number of hydrogen-bond donors (Lipinski definition) is 2. The second-order valence-corrected chi connectivity index (χ2v) is 5.32. The molecular formula is C15H13F3N2O4. The van der Waals surface area contributed by atoms with Gasteiger partial charge in [-0.1, -0.05) is 0 Å². The van der Waals surface area contributed by atoms with Gasteiger partial charge in [-0.3, -0.25) is 14.8 Å². The number of hydrogen-bond acceptors (Lipinski definition) is 4. The Labute approximate surface area is 134 Å². The minimum atomic E-state index is -4.73. The van der Waals surface area contributed by atoms with Crippen LogP contribution in [0.3, 0.4) is 0 Å². The van der Waals surface area contributed by atoms with Crippen LogP contribution >= 0.6 is 0 Å². The minimum absolute atomic E-state index is 0.0628. The summed E-state index contributed by atoms with van der Waals surface area (Å²) in [5.74, 6) is -5.45. The Hall–Kier alpha value is -2.71. The first-order valence-corrected chi connectivity index (χ1v) is 6.79. The van der Waals surface area contributed by atoms with Gasteiger partial charge in [0.25, 0.3) is 0 Å². The SMILES string of the molecule is CC1=NC(C)=C(C(=O)O)C(c2ccnc(C(F)(F)F)c2)C1C(=O)O. The van der Waals surface area contributed by atoms with Gasteiger partial charge in [0, 0.05) is 23.5 Å². The smallest absolute Gasteiger partial charge is 0.433 e. The van der Waals surface area contributed by atoms with Crippen LogP contribution in [0.15, 0.2) is 34.6 Å². The number of carboxylic acid groups (broad SMARTS) is 2. The van der Waals surface area contributed by atoms with E-state index in [0.717, 1.165) is 6.20 Å². The number of aliphatic carboxylic acids is 2. The molecule has 24 heavy (non-hydrogen) atoms. The largest absolute Gasteiger partial charge is 0.481 e. The van der Waals surface area contributed by atoms with Gasteiger partial charge < -0.3 is 10.2 Å². The number of alkyl halides is 3. The van der Waals surface area contributed by atoms with Gasteiger partial charge in [-0.15, -0.1) is 0 Å². The number of nitrogens with zero attached hydrogens (tertiary/aromatic N) is 2. The minimum Gasteiger partial charge on any atom is -0.481 e. The average Bonchev–Trinajstić information content (AvgIpc) is 2.44. The molecular weight excluding hydrogens is 329 g/mol. The van der Waals surface area contributed by atoms with E-state index in [1.165, 1.54) is 19.9 Å². The fourth-order valence-electron chi connectivity index (χ4n) is 2.79. The number of carboxylic acids is 2. The predicted molar refractivity (Wildman–Crippen MR) is 76.6 cm³/mol. The molecule has 0 amide bonds. The van der Waals surface area contributed by atoms with Gasteiger partial charge in [0.1, 0.15) is 11.6 Å². The Balaban J connectivity index is 2.69. The molecule has 0 saturated heterocycles. The number of aliphatic imine (C=N–C) groups is 1. The van der Waals surface area contributed by atoms with Crippen molar-refractivity contribution in [3.63, 3.8) is 0 Å². The van der Waals surface area contributed by atoms with E-state index < -0.39 is 35.6 Å². The number of allylic oxidation sites excluding steroid dienone is 1. The maximum absolute atomic E-state index is 12.9. The van der Waals surface area contributed by atoms with Crippen LogP contribution in [-0.4, -0.2) is 32.8 Å². The van der Waals surface area contributed by atoms with Crippen molar-refractivity contribution in [2.24, 2.45) is 10.9 Å². The van der Waals surface area contributed by atoms with Crippen LogP contribution in [0.2, 0.25) is 0 Å². The van der Waals surface area contributed by atoms with Gasteiger partial charge >= 0.3 is 18.1 Å². The number of rotatable bonds is 3. The third-order valence-electron chi connectivity index (χ3n) is 3.76. The molecule has 1 aromatic rings. The van der Waals surface area contributed by atoms with E-state index in [1.807, 2.05) is 0 Å². The standard InChI is InChI=1S/C15H13F3N2O4/c1-6-10(13(21)22)12(11(14(23)24)7(2)20-6)8-3-4-19-9(5-8)15(16,17)18/h3-5,10,12H,1-2H3,(H,21,22)(H,23,24). The highest BCUT2D eigenvalue weighted by Gasteiger charge is 2.42. The summed E-state index contributed by atoms with van der Waals surface area (Å²) in [5, 5.41) is 18.8. The lowest BCUT2D eigenvalue weighted by Crippen LogP contribution is -2.35. The van der Waals surface area contributed by atoms with Crippen LogP contribution in [0.5, 0.6) is 0 Å². The van der Waals surface area contributed by atoms with Crippen LogP contribution in [0.1, 0.15) is 31.0 Å². The molecule has 0 spiro atoms. The van der Waals surface area contributed by atoms with Crippen molar-refractivity contribution in [3.8, 4) is 0 Å². The number of halogens is 3. The van der Waals surface area contributed by atoms with Crippen molar-refractivity contribution in [2.75, 3.05) is 0 Å². The molecule has 1 aliphatic rings. The molecule has 6 nitrogen and oxygen atoms in total. The van der Waals surface area contributed by atoms with E-state index in [9.17, 15) is 33.0 Å². The lowest BCUT2D eigenvalue weighted by atomic mass is 9.76. The molecule has 0 saturated carbocycles. The van der Waals surface area contributed by atoms with Gasteiger partial charge in [-0.05, 0) is 31.5 Å². The zero-order valence-electron chi connectivity index (χ0n) is 12.6. The van der Waals surface area contributed by atoms with E-state index in [0.29, 0.717) is 6.07 Å². The molecule has 2 atom stereocenters. The molecule has 0 aliphatic carbocycles. The summed E-state index contributed by atoms with van der Waals surface area (Å²) in [7, 11) is 0. The van der Waals surface area contributed by atoms with Crippen LogP contribution in [0, 0.1) is 5.92 Å². The lowest BCUT2D eigenvalue weighted by molar-refractivity contribution is -0.141. The number of pyridine rings is 1. The van der Waals surface area contributed by atoms with E-state index in [1.54, 1.807) is 0 Å². The van der Waals surface area contributed by atoms with Crippen LogP contribution < -0.4 is 0 Å². The molecule has 128 valence electrons. The highest BCUT2D eigenvalue weighted by Crippen LogP contribution is 2.40. The molecule has 2 rings (SSSR count). The third kappa shape index (κ3) is 3.15. The van der Waals surface area contributed by atoms with Crippen LogP contribution in [0.25, 0.3) is 0 Å². The average molecular weight is 342 g/mol. The van der Waals surface area contributed by atoms with Crippen molar-refractivity contribution in [1.82, 2.24) is 4.98 Å². The third-order valence-corrected chi connectivity index (χ3v) is 3.76. The molecule has 1 aliphatic heterocycles. The Morgan fingerprint density at radius 3 is 2.33 bits per heavy atom. The van der Waals surface area contributed by atoms with Gasteiger partial charge in [-0.2, -0.15) is 13.2 Å². The highest BCUT2D eigenvalue weighted by atomic mass is 19.4. The second kappa shape index (κ2) is 6.06. The van der Waals surface area contributed by atoms with Gasteiger partial charge in [0.15, 0.2) is 0 Å². The van der Waals surface area contributed by atoms with Crippen LogP contribution in [-0.2, 0) is 15.8 Å². The summed E-state index contributed by atoms with van der Waals surface area (Å²) in [4.78, 5) is 30.3. The summed E-state index contributed by atoms with van der Waals surface area (Å²) < 4.78 is 38.6. The molecule has 2 heterocycles. The van der Waals surface area contributed by atoms with E-state index in [4.69, 9.17) is 0 Å². The number of aromatic nitrogens is 1. The van der Waals surface area contributed by atoms with E-state index >= 15 is 0 Å². The zero-order chi connectivity index (χ0) is 18.2. The highest BCUT2D eigenvalue weighted by molar-refractivity contribution is 6.06. The number of carbonyl (C=O) groups is 2. The topological polar surface area (TPSA) is 99.9 Å². The molecule has 1 aromatic heterocycles. The van der Waals surface area contributed by atoms with Crippen molar-refractivity contribution in [1.29, 1.82) is 0 Å². The molecule has 2 unspecified atom stereocenters. The predicted octanol–water partition coefficient (Wildman–Crippen LogP) is 2.72. The van der Waals surface area contributed by atoms with Crippen molar-refractivity contribution < 1.29 is 33.0 Å². The van der Waals surface area contributed by atoms with Crippen molar-refractivity contribution >= 4 is 17.7 Å². The van der Waals surface area contributed by atoms with E-state index in [2.05, 4.69) is 9.98 Å². The first-order valence-electron chi connectivity index (χ1n) is 6.79. The maximum atomic E-state index is 12.9. The summed E-state index contributed by atoms with van der Waals surface area (Å²) in [6, 6.07) is 1.86. The first kappa shape index (κ1) is 17.6. The Morgan fingerprint density at radius 1 is 1.21 bits per heavy atom. The Kier molecular flexibility index (Phi) is 4.46. The molecule has 0 fully saturated rings. The van der Waals surface area contributed by atoms with E-state index in [-0.39, 0.29) is 22.5 Å². The summed E-state index contributed by atoms with van der Waals surface area (Å²) in [5.41, 5.74) is -1.46. The second-order valence-electron chi connectivity index (χ2n) is 5.32. The van der Waals surface area contributed by atoms with Crippen LogP contribution in [0.4, 0.5) is 13.2 Å². The molecule has 2 N–H and O–H groups in total. The maximum Gasteiger partial charge on any atom is 0.433 e. The summed E-state index contributed by atoms with van der Waals surface area (Å²) in [6.07, 6.45) is -3.85. The monoisotopic (exact) mass is 342 g/mol. The molecule has 0 aromatic carbocycles. The van der Waals surface area contributed by atoms with Crippen molar-refractivity contribution in [2.45, 2.75) is 25.9 Å². The summed E-state index contributed by atoms with van der Waals surface area (Å²) >= 11 is 0. The summed E-state index contributed by atoms with van der Waals surface area (Å²) in [6.45, 7) is 2.78. The molecule has 0 radical (unpaired) electrons. The first-order chi connectivity index (χ1) is 11.0. The van der Waals surface area contributed by atoms with Gasteiger partial charge in [-0.25, -0.2) is 4.79 Å². The van der Waals surface area contributed by atoms with Gasteiger partial charge in [0.2, 0.25) is 0 Å². The fraction of sp³-hybridized carbons (Fsp3) is 0.333. The molecule has 9 heteroatoms.